The molecule has 0 unspecified atom stereocenters. The van der Waals surface area contributed by atoms with Crippen LogP contribution in [0.3, 0.4) is 0 Å². The van der Waals surface area contributed by atoms with Gasteiger partial charge in [0, 0.05) is 12.2 Å². The van der Waals surface area contributed by atoms with Crippen molar-refractivity contribution < 1.29 is 8.42 Å². The molecule has 1 N–H and O–H groups in total. The van der Waals surface area contributed by atoms with Gasteiger partial charge in [-0.05, 0) is 44.0 Å². The van der Waals surface area contributed by atoms with Crippen LogP contribution in [-0.4, -0.2) is 33.7 Å². The lowest BCUT2D eigenvalue weighted by molar-refractivity contribution is 0.593. The third-order valence-corrected chi connectivity index (χ3v) is 6.81. The molecular weight excluding hydrogens is 426 g/mol. The summed E-state index contributed by atoms with van der Waals surface area (Å²) >= 11 is 6.25. The maximum absolute atomic E-state index is 13.0. The van der Waals surface area contributed by atoms with Crippen molar-refractivity contribution >= 4 is 38.4 Å². The Labute approximate surface area is 180 Å². The molecule has 3 rings (SSSR count). The topological polar surface area (TPSA) is 107 Å². The van der Waals surface area contributed by atoms with E-state index >= 15 is 0 Å². The molecule has 0 amide bonds. The molecule has 0 atom stereocenters. The fraction of sp³-hybridized carbons (Fsp3) is 0.400. The Morgan fingerprint density at radius 2 is 1.93 bits per heavy atom. The summed E-state index contributed by atoms with van der Waals surface area (Å²) in [6.45, 7) is 7.56. The highest BCUT2D eigenvalue weighted by atomic mass is 35.5. The first kappa shape index (κ1) is 22.2. The molecular formula is C20H24ClN5O3S. The van der Waals surface area contributed by atoms with Crippen LogP contribution in [0.4, 0.5) is 5.82 Å². The number of sulfone groups is 1. The number of pyridine rings is 2. The van der Waals surface area contributed by atoms with Crippen LogP contribution in [0, 0.1) is 0 Å². The summed E-state index contributed by atoms with van der Waals surface area (Å²) < 4.78 is 25.4. The van der Waals surface area contributed by atoms with Crippen molar-refractivity contribution in [3.63, 3.8) is 0 Å². The third kappa shape index (κ3) is 4.32. The molecule has 0 aromatic carbocycles. The van der Waals surface area contributed by atoms with Gasteiger partial charge < -0.3 is 5.32 Å². The van der Waals surface area contributed by atoms with Gasteiger partial charge in [-0.1, -0.05) is 25.4 Å². The second-order valence-corrected chi connectivity index (χ2v) is 9.74. The van der Waals surface area contributed by atoms with Crippen molar-refractivity contribution in [2.75, 3.05) is 11.1 Å². The Morgan fingerprint density at radius 3 is 2.50 bits per heavy atom. The summed E-state index contributed by atoms with van der Waals surface area (Å²) in [4.78, 5) is 26.2. The minimum Gasteiger partial charge on any atom is -0.360 e. The monoisotopic (exact) mass is 449 g/mol. The molecule has 0 fully saturated rings. The molecule has 0 aliphatic rings. The number of aryl methyl sites for hydroxylation is 1. The van der Waals surface area contributed by atoms with Gasteiger partial charge in [-0.25, -0.2) is 18.4 Å². The molecule has 30 heavy (non-hydrogen) atoms. The Bertz CT molecular complexity index is 1240. The van der Waals surface area contributed by atoms with Crippen molar-refractivity contribution in [2.45, 2.75) is 51.6 Å². The first-order valence-corrected chi connectivity index (χ1v) is 11.7. The number of halogens is 1. The lowest BCUT2D eigenvalue weighted by Gasteiger charge is -2.16. The van der Waals surface area contributed by atoms with Gasteiger partial charge in [0.25, 0.3) is 5.56 Å². The highest BCUT2D eigenvalue weighted by molar-refractivity contribution is 7.91. The fourth-order valence-electron chi connectivity index (χ4n) is 3.03. The predicted octanol–water partition coefficient (Wildman–Crippen LogP) is 3.39. The lowest BCUT2D eigenvalue weighted by atomic mass is 10.2. The minimum atomic E-state index is -3.30. The molecule has 160 valence electrons. The predicted molar refractivity (Wildman–Crippen MR) is 118 cm³/mol. The van der Waals surface area contributed by atoms with E-state index in [9.17, 15) is 13.2 Å². The summed E-state index contributed by atoms with van der Waals surface area (Å²) in [5.74, 6) is 0.189. The van der Waals surface area contributed by atoms with Gasteiger partial charge in [-0.15, -0.1) is 0 Å². The summed E-state index contributed by atoms with van der Waals surface area (Å²) in [6.07, 6.45) is 2.03. The summed E-state index contributed by atoms with van der Waals surface area (Å²) in [7, 11) is -3.30. The molecule has 0 aliphatic carbocycles. The van der Waals surface area contributed by atoms with Crippen LogP contribution in [0.15, 0.2) is 34.1 Å². The second kappa shape index (κ2) is 8.69. The molecule has 0 saturated heterocycles. The minimum absolute atomic E-state index is 0.0137. The SMILES string of the molecule is CCc1cc2nc(NCc3ccc(S(=O)(=O)CC)cn3)c(=O)n(C(C)C)c2nc1Cl. The van der Waals surface area contributed by atoms with Gasteiger partial charge in [0.15, 0.2) is 21.3 Å². The zero-order chi connectivity index (χ0) is 22.1. The van der Waals surface area contributed by atoms with Crippen LogP contribution in [0.1, 0.15) is 45.0 Å². The van der Waals surface area contributed by atoms with Crippen molar-refractivity contribution in [3.8, 4) is 0 Å². The number of nitrogens with zero attached hydrogens (tertiary/aromatic N) is 4. The Balaban J connectivity index is 1.97. The van der Waals surface area contributed by atoms with Gasteiger partial charge in [0.05, 0.1) is 22.9 Å². The zero-order valence-corrected chi connectivity index (χ0v) is 18.9. The van der Waals surface area contributed by atoms with Crippen LogP contribution in [0.2, 0.25) is 5.15 Å². The van der Waals surface area contributed by atoms with Crippen molar-refractivity contribution in [1.82, 2.24) is 19.5 Å². The van der Waals surface area contributed by atoms with Crippen molar-refractivity contribution in [2.24, 2.45) is 0 Å². The van der Waals surface area contributed by atoms with Crippen LogP contribution in [0.25, 0.3) is 11.2 Å². The average Bonchev–Trinajstić information content (AvgIpc) is 2.72. The molecule has 8 nitrogen and oxygen atoms in total. The van der Waals surface area contributed by atoms with Gasteiger partial charge in [0.1, 0.15) is 10.7 Å². The van der Waals surface area contributed by atoms with Crippen LogP contribution in [0.5, 0.6) is 0 Å². The van der Waals surface area contributed by atoms with Gasteiger partial charge in [0.2, 0.25) is 0 Å². The quantitative estimate of drug-likeness (QED) is 0.551. The van der Waals surface area contributed by atoms with Crippen LogP contribution < -0.4 is 10.9 Å². The number of hydrogen-bond acceptors (Lipinski definition) is 7. The molecule has 10 heteroatoms. The number of nitrogens with one attached hydrogen (secondary N) is 1. The normalized spacial score (nSPS) is 11.9. The van der Waals surface area contributed by atoms with Gasteiger partial charge in [-0.3, -0.25) is 14.3 Å². The van der Waals surface area contributed by atoms with Crippen molar-refractivity contribution in [1.29, 1.82) is 0 Å². The van der Waals surface area contributed by atoms with E-state index in [4.69, 9.17) is 11.6 Å². The van der Waals surface area contributed by atoms with E-state index in [1.54, 1.807) is 17.6 Å². The molecule has 3 heterocycles. The van der Waals surface area contributed by atoms with E-state index in [0.29, 0.717) is 28.4 Å². The largest absolute Gasteiger partial charge is 0.360 e. The molecule has 3 aromatic heterocycles. The molecule has 0 saturated carbocycles. The van der Waals surface area contributed by atoms with E-state index in [1.807, 2.05) is 26.8 Å². The summed E-state index contributed by atoms with van der Waals surface area (Å²) in [5, 5.41) is 3.39. The third-order valence-electron chi connectivity index (χ3n) is 4.76. The number of fused-ring (bicyclic) bond motifs is 1. The maximum Gasteiger partial charge on any atom is 0.295 e. The van der Waals surface area contributed by atoms with E-state index in [2.05, 4.69) is 20.3 Å². The van der Waals surface area contributed by atoms with Crippen molar-refractivity contribution in [3.05, 3.63) is 51.2 Å². The Hall–Kier alpha value is -2.52. The molecule has 0 bridgehead atoms. The number of hydrogen-bond donors (Lipinski definition) is 1. The molecule has 0 radical (unpaired) electrons. The molecule has 0 spiro atoms. The average molecular weight is 450 g/mol. The number of rotatable bonds is 7. The van der Waals surface area contributed by atoms with E-state index < -0.39 is 9.84 Å². The zero-order valence-electron chi connectivity index (χ0n) is 17.3. The number of aromatic nitrogens is 4. The summed E-state index contributed by atoms with van der Waals surface area (Å²) in [5.41, 5.74) is 2.15. The standard InChI is InChI=1S/C20H24ClN5O3S/c1-5-13-9-16-19(25-17(13)21)26(12(3)4)20(27)18(24-16)23-10-14-7-8-15(11-22-14)30(28,29)6-2/h7-9,11-12H,5-6,10H2,1-4H3,(H,23,24). The molecule has 3 aromatic rings. The number of anilines is 1. The second-order valence-electron chi connectivity index (χ2n) is 7.11. The van der Waals surface area contributed by atoms with Crippen LogP contribution in [-0.2, 0) is 22.8 Å². The van der Waals surface area contributed by atoms with E-state index in [0.717, 1.165) is 5.56 Å². The van der Waals surface area contributed by atoms with E-state index in [1.165, 1.54) is 12.3 Å². The first-order valence-electron chi connectivity index (χ1n) is 9.71. The Morgan fingerprint density at radius 1 is 1.20 bits per heavy atom. The van der Waals surface area contributed by atoms with E-state index in [-0.39, 0.29) is 34.6 Å². The molecule has 0 aliphatic heterocycles. The highest BCUT2D eigenvalue weighted by Gasteiger charge is 2.17. The Kier molecular flexibility index (Phi) is 6.42. The summed E-state index contributed by atoms with van der Waals surface area (Å²) in [6, 6.07) is 4.84. The first-order chi connectivity index (χ1) is 14.2. The maximum atomic E-state index is 13.0. The fourth-order valence-corrected chi connectivity index (χ4v) is 4.12. The van der Waals surface area contributed by atoms with Gasteiger partial charge in [-0.2, -0.15) is 0 Å². The lowest BCUT2D eigenvalue weighted by Crippen LogP contribution is -2.27. The highest BCUT2D eigenvalue weighted by Crippen LogP contribution is 2.22. The van der Waals surface area contributed by atoms with Crippen LogP contribution >= 0.6 is 11.6 Å². The van der Waals surface area contributed by atoms with Gasteiger partial charge >= 0.3 is 0 Å². The smallest absolute Gasteiger partial charge is 0.295 e.